The Labute approximate surface area is 129 Å². The van der Waals surface area contributed by atoms with Crippen molar-refractivity contribution in [2.75, 3.05) is 0 Å². The predicted molar refractivity (Wildman–Crippen MR) is 86.6 cm³/mol. The van der Waals surface area contributed by atoms with Gasteiger partial charge in [0.2, 0.25) is 0 Å². The van der Waals surface area contributed by atoms with E-state index in [2.05, 4.69) is 24.3 Å². The van der Waals surface area contributed by atoms with Crippen LogP contribution in [0.3, 0.4) is 0 Å². The lowest BCUT2D eigenvalue weighted by Gasteiger charge is -2.17. The van der Waals surface area contributed by atoms with E-state index in [0.717, 1.165) is 41.5 Å². The first-order valence-electron chi connectivity index (χ1n) is 7.50. The van der Waals surface area contributed by atoms with Gasteiger partial charge in [-0.2, -0.15) is 5.26 Å². The van der Waals surface area contributed by atoms with Crippen LogP contribution in [0.2, 0.25) is 0 Å². The first-order chi connectivity index (χ1) is 10.8. The summed E-state index contributed by atoms with van der Waals surface area (Å²) in [6.07, 6.45) is 10.7. The zero-order chi connectivity index (χ0) is 15.1. The number of hydrogen-bond donors (Lipinski definition) is 0. The fraction of sp³-hybridized carbons (Fsp3) is 0.150. The molecule has 0 saturated carbocycles. The Kier molecular flexibility index (Phi) is 2.94. The standard InChI is InChI=1S/C20H14FN/c21-19-11-14-5-1-2-8-16(14)18(12-22)20(19)17-10-4-7-13-6-3-9-15(13)17/h2-4,7-11H,1,5-6H2. The van der Waals surface area contributed by atoms with E-state index in [1.165, 1.54) is 5.56 Å². The summed E-state index contributed by atoms with van der Waals surface area (Å²) in [4.78, 5) is 0. The summed E-state index contributed by atoms with van der Waals surface area (Å²) < 4.78 is 14.8. The summed E-state index contributed by atoms with van der Waals surface area (Å²) in [5.74, 6) is -0.292. The van der Waals surface area contributed by atoms with Gasteiger partial charge in [-0.3, -0.25) is 0 Å². The van der Waals surface area contributed by atoms with Gasteiger partial charge in [-0.25, -0.2) is 4.39 Å². The second-order valence-electron chi connectivity index (χ2n) is 5.72. The van der Waals surface area contributed by atoms with Crippen LogP contribution in [0.5, 0.6) is 0 Å². The van der Waals surface area contributed by atoms with E-state index in [4.69, 9.17) is 0 Å². The Hall–Kier alpha value is -2.66. The van der Waals surface area contributed by atoms with E-state index in [1.54, 1.807) is 6.07 Å². The molecule has 4 rings (SSSR count). The van der Waals surface area contributed by atoms with E-state index >= 15 is 0 Å². The van der Waals surface area contributed by atoms with Crippen molar-refractivity contribution in [2.45, 2.75) is 19.3 Å². The lowest BCUT2D eigenvalue weighted by atomic mass is 9.86. The maximum atomic E-state index is 14.8. The molecule has 106 valence electrons. The van der Waals surface area contributed by atoms with Gasteiger partial charge >= 0.3 is 0 Å². The maximum Gasteiger partial charge on any atom is 0.132 e. The van der Waals surface area contributed by atoms with Gasteiger partial charge in [0.25, 0.3) is 0 Å². The highest BCUT2D eigenvalue weighted by atomic mass is 19.1. The topological polar surface area (TPSA) is 23.8 Å². The first kappa shape index (κ1) is 13.0. The van der Waals surface area contributed by atoms with Gasteiger partial charge in [-0.05, 0) is 53.1 Å². The Bertz CT molecular complexity index is 882. The third-order valence-electron chi connectivity index (χ3n) is 4.47. The highest BCUT2D eigenvalue weighted by Crippen LogP contribution is 2.38. The van der Waals surface area contributed by atoms with Crippen molar-refractivity contribution >= 4 is 12.2 Å². The monoisotopic (exact) mass is 287 g/mol. The molecule has 0 atom stereocenters. The lowest BCUT2D eigenvalue weighted by Crippen LogP contribution is -2.03. The largest absolute Gasteiger partial charge is 0.206 e. The second-order valence-corrected chi connectivity index (χ2v) is 5.72. The van der Waals surface area contributed by atoms with E-state index in [1.807, 2.05) is 24.3 Å². The lowest BCUT2D eigenvalue weighted by molar-refractivity contribution is 0.628. The average Bonchev–Trinajstić information content (AvgIpc) is 3.02. The van der Waals surface area contributed by atoms with Crippen molar-refractivity contribution in [1.82, 2.24) is 0 Å². The number of fused-ring (bicyclic) bond motifs is 2. The average molecular weight is 287 g/mol. The van der Waals surface area contributed by atoms with Crippen LogP contribution in [0.15, 0.2) is 36.4 Å². The van der Waals surface area contributed by atoms with Crippen LogP contribution in [0.1, 0.15) is 34.2 Å². The normalized spacial score (nSPS) is 14.5. The van der Waals surface area contributed by atoms with Crippen LogP contribution in [-0.2, 0) is 12.8 Å². The summed E-state index contributed by atoms with van der Waals surface area (Å²) in [5.41, 5.74) is 5.76. The molecule has 0 N–H and O–H groups in total. The third-order valence-corrected chi connectivity index (χ3v) is 4.47. The summed E-state index contributed by atoms with van der Waals surface area (Å²) in [7, 11) is 0. The molecule has 0 spiro atoms. The zero-order valence-electron chi connectivity index (χ0n) is 12.1. The molecule has 0 heterocycles. The highest BCUT2D eigenvalue weighted by molar-refractivity contribution is 5.85. The molecule has 2 aromatic carbocycles. The summed E-state index contributed by atoms with van der Waals surface area (Å²) in [6, 6.07) is 9.75. The zero-order valence-corrected chi connectivity index (χ0v) is 12.1. The van der Waals surface area contributed by atoms with Gasteiger partial charge in [-0.15, -0.1) is 0 Å². The fourth-order valence-electron chi connectivity index (χ4n) is 3.44. The Balaban J connectivity index is 2.05. The van der Waals surface area contributed by atoms with Crippen molar-refractivity contribution in [3.05, 3.63) is 70.1 Å². The summed E-state index contributed by atoms with van der Waals surface area (Å²) >= 11 is 0. The van der Waals surface area contributed by atoms with Crippen LogP contribution in [-0.4, -0.2) is 0 Å². The minimum Gasteiger partial charge on any atom is -0.206 e. The number of allylic oxidation sites excluding steroid dienone is 2. The Morgan fingerprint density at radius 2 is 1.91 bits per heavy atom. The molecule has 0 amide bonds. The maximum absolute atomic E-state index is 14.8. The van der Waals surface area contributed by atoms with Crippen molar-refractivity contribution in [1.29, 1.82) is 5.26 Å². The number of benzene rings is 2. The van der Waals surface area contributed by atoms with Gasteiger partial charge in [0, 0.05) is 5.56 Å². The molecular weight excluding hydrogens is 273 g/mol. The summed E-state index contributed by atoms with van der Waals surface area (Å²) in [6.45, 7) is 0. The Morgan fingerprint density at radius 1 is 1.05 bits per heavy atom. The fourth-order valence-corrected chi connectivity index (χ4v) is 3.44. The van der Waals surface area contributed by atoms with Gasteiger partial charge in [-0.1, -0.05) is 42.5 Å². The van der Waals surface area contributed by atoms with Crippen LogP contribution in [0, 0.1) is 17.1 Å². The molecule has 0 bridgehead atoms. The van der Waals surface area contributed by atoms with Crippen molar-refractivity contribution in [3.8, 4) is 17.2 Å². The molecule has 0 unspecified atom stereocenters. The van der Waals surface area contributed by atoms with Crippen LogP contribution in [0.4, 0.5) is 4.39 Å². The van der Waals surface area contributed by atoms with Crippen LogP contribution in [0.25, 0.3) is 23.3 Å². The first-order valence-corrected chi connectivity index (χ1v) is 7.50. The number of nitrogens with zero attached hydrogens (tertiary/aromatic N) is 1. The minimum atomic E-state index is -0.292. The van der Waals surface area contributed by atoms with Gasteiger partial charge in [0.15, 0.2) is 0 Å². The molecule has 0 fully saturated rings. The molecule has 2 aliphatic rings. The molecule has 0 saturated heterocycles. The molecule has 2 aromatic rings. The number of rotatable bonds is 1. The van der Waals surface area contributed by atoms with Gasteiger partial charge in [0.05, 0.1) is 5.56 Å². The van der Waals surface area contributed by atoms with Crippen LogP contribution < -0.4 is 0 Å². The molecule has 22 heavy (non-hydrogen) atoms. The second kappa shape index (κ2) is 4.96. The van der Waals surface area contributed by atoms with E-state index in [9.17, 15) is 9.65 Å². The third kappa shape index (κ3) is 1.83. The number of aryl methyl sites for hydroxylation is 1. The molecule has 2 aliphatic carbocycles. The molecular formula is C20H14FN. The SMILES string of the molecule is N#Cc1c2c(cc(F)c1-c1cccc3c1C=CC3)CCC=C2. The van der Waals surface area contributed by atoms with E-state index in [0.29, 0.717) is 11.1 Å². The van der Waals surface area contributed by atoms with E-state index in [-0.39, 0.29) is 5.82 Å². The van der Waals surface area contributed by atoms with Gasteiger partial charge in [0.1, 0.15) is 11.9 Å². The quantitative estimate of drug-likeness (QED) is 0.732. The summed E-state index contributed by atoms with van der Waals surface area (Å²) in [5, 5.41) is 9.64. The molecule has 2 heteroatoms. The van der Waals surface area contributed by atoms with Crippen molar-refractivity contribution < 1.29 is 4.39 Å². The van der Waals surface area contributed by atoms with Gasteiger partial charge < -0.3 is 0 Å². The number of hydrogen-bond acceptors (Lipinski definition) is 1. The van der Waals surface area contributed by atoms with E-state index < -0.39 is 0 Å². The molecule has 1 nitrogen and oxygen atoms in total. The number of nitriles is 1. The molecule has 0 radical (unpaired) electrons. The molecule has 0 aromatic heterocycles. The van der Waals surface area contributed by atoms with Crippen LogP contribution >= 0.6 is 0 Å². The molecule has 0 aliphatic heterocycles. The predicted octanol–water partition coefficient (Wildman–Crippen LogP) is 4.89. The highest BCUT2D eigenvalue weighted by Gasteiger charge is 2.22. The number of halogens is 1. The minimum absolute atomic E-state index is 0.292. The van der Waals surface area contributed by atoms with Crippen molar-refractivity contribution in [2.24, 2.45) is 0 Å². The Morgan fingerprint density at radius 3 is 2.77 bits per heavy atom. The smallest absolute Gasteiger partial charge is 0.132 e. The van der Waals surface area contributed by atoms with Crippen molar-refractivity contribution in [3.63, 3.8) is 0 Å².